The number of allylic oxidation sites excluding steroid dienone is 7. The van der Waals surface area contributed by atoms with E-state index < -0.39 is 52.3 Å². The molecule has 0 aromatic heterocycles. The third-order valence-corrected chi connectivity index (χ3v) is 19.4. The maximum atomic E-state index is 14.1. The number of hydrogen-bond donors (Lipinski definition) is 2. The van der Waals surface area contributed by atoms with Crippen LogP contribution in [-0.4, -0.2) is 98.2 Å². The van der Waals surface area contributed by atoms with Gasteiger partial charge in [-0.1, -0.05) is 63.6 Å². The van der Waals surface area contributed by atoms with Gasteiger partial charge in [0, 0.05) is 111 Å². The van der Waals surface area contributed by atoms with Crippen molar-refractivity contribution in [3.8, 4) is 0 Å². The van der Waals surface area contributed by atoms with Crippen LogP contribution in [-0.2, 0) is 64.6 Å². The van der Waals surface area contributed by atoms with Crippen LogP contribution < -0.4 is 61.5 Å². The van der Waals surface area contributed by atoms with Crippen LogP contribution in [0.15, 0.2) is 126 Å². The summed E-state index contributed by atoms with van der Waals surface area (Å²) in [4.78, 5) is 16.8. The van der Waals surface area contributed by atoms with Gasteiger partial charge in [0.2, 0.25) is 15.7 Å². The largest absolute Gasteiger partial charge is 1.00 e. The molecule has 1 aliphatic carbocycles. The van der Waals surface area contributed by atoms with E-state index in [1.807, 2.05) is 89.5 Å². The van der Waals surface area contributed by atoms with Crippen LogP contribution >= 0.6 is 35.8 Å². The van der Waals surface area contributed by atoms with Crippen LogP contribution in [0.3, 0.4) is 0 Å². The quantitative estimate of drug-likeness (QED) is 0.0178. The minimum Gasteiger partial charge on any atom is -0.748 e. The van der Waals surface area contributed by atoms with E-state index in [9.17, 15) is 44.4 Å². The Hall–Kier alpha value is -2.06. The maximum absolute atomic E-state index is 14.1. The zero-order valence-electron chi connectivity index (χ0n) is 44.1. The number of Topliss-reactive ketones (excluding diaryl/α,β-unsaturated/α-hetero) is 1. The van der Waals surface area contributed by atoms with Crippen molar-refractivity contribution in [1.29, 1.82) is 0 Å². The van der Waals surface area contributed by atoms with E-state index in [-0.39, 0.29) is 92.9 Å². The van der Waals surface area contributed by atoms with Gasteiger partial charge in [0.25, 0.3) is 10.1 Å². The summed E-state index contributed by atoms with van der Waals surface area (Å²) in [7, 11) is -11.4. The summed E-state index contributed by atoms with van der Waals surface area (Å²) in [5.41, 5.74) is 4.93. The summed E-state index contributed by atoms with van der Waals surface area (Å²) in [5.74, 6) is -0.0524. The van der Waals surface area contributed by atoms with Crippen molar-refractivity contribution in [3.05, 3.63) is 118 Å². The molecule has 0 saturated heterocycles. The molecule has 6 rings (SSSR count). The standard InChI is InChI=1S/C51H65N3O15S6.K/c1-49(2,3)47(55)15-10-28-52(8)74(61,62)40-23-25-44-42(34-40)51(6,7)46(53(44)29-11-31-70-68-66-56)27-17-36-14-9-13-35(48(36)71-37-18-21-39(22-19-37)75(63,64)65)16-26-45-50(4,5)41-33-38(72-69-67-57)20-24-43(41)54(45)30-12-32-73(58,59)60;/h16-27,33-34H,9-15,28-32H2,1-8H3,(H3-,56,57,58,59,60,63,64,65);/q;+1/p-1. The second kappa shape index (κ2) is 27.1. The Balaban J connectivity index is 0.0000107. The molecule has 410 valence electrons. The Bertz CT molecular complexity index is 3110. The normalized spacial score (nSPS) is 17.8. The zero-order chi connectivity index (χ0) is 55.1. The second-order valence-electron chi connectivity index (χ2n) is 20.4. The van der Waals surface area contributed by atoms with Crippen molar-refractivity contribution >= 4 is 89.0 Å². The molecule has 2 heterocycles. The van der Waals surface area contributed by atoms with Gasteiger partial charge in [-0.25, -0.2) is 26.4 Å². The van der Waals surface area contributed by atoms with Crippen molar-refractivity contribution in [2.45, 2.75) is 124 Å². The van der Waals surface area contributed by atoms with Crippen LogP contribution in [0.1, 0.15) is 105 Å². The molecule has 0 unspecified atom stereocenters. The van der Waals surface area contributed by atoms with E-state index in [1.165, 1.54) is 35.2 Å². The van der Waals surface area contributed by atoms with E-state index in [2.05, 4.69) is 29.7 Å². The average Bonchev–Trinajstić information content (AvgIpc) is 3.68. The number of carbonyl (C=O) groups is 1. The molecule has 2 N–H and O–H groups in total. The van der Waals surface area contributed by atoms with Crippen molar-refractivity contribution in [1.82, 2.24) is 4.31 Å². The number of nitrogens with zero attached hydrogens (tertiary/aromatic N) is 3. The fourth-order valence-corrected chi connectivity index (χ4v) is 13.5. The van der Waals surface area contributed by atoms with Crippen molar-refractivity contribution in [2.75, 3.05) is 43.1 Å². The monoisotopic (exact) mass is 1190 g/mol. The van der Waals surface area contributed by atoms with Gasteiger partial charge in [-0.15, -0.1) is 4.33 Å². The maximum Gasteiger partial charge on any atom is 1.00 e. The summed E-state index contributed by atoms with van der Waals surface area (Å²) in [5, 5.41) is 26.8. The number of fused-ring (bicyclic) bond motifs is 2. The van der Waals surface area contributed by atoms with Crippen LogP contribution in [0.25, 0.3) is 0 Å². The Morgan fingerprint density at radius 2 is 1.55 bits per heavy atom. The number of benzene rings is 3. The van der Waals surface area contributed by atoms with Gasteiger partial charge in [0.1, 0.15) is 12.3 Å². The first kappa shape index (κ1) is 64.8. The first-order chi connectivity index (χ1) is 35.1. The number of carbonyl (C=O) groups excluding carboxylic acids is 1. The van der Waals surface area contributed by atoms with E-state index in [0.29, 0.717) is 47.8 Å². The number of anilines is 1. The Labute approximate surface area is 502 Å². The average molecular weight is 1190 g/mol. The predicted molar refractivity (Wildman–Crippen MR) is 287 cm³/mol. The molecule has 3 aliphatic rings. The van der Waals surface area contributed by atoms with Gasteiger partial charge in [-0.3, -0.25) is 14.4 Å². The molecule has 18 nitrogen and oxygen atoms in total. The fourth-order valence-electron chi connectivity index (χ4n) is 9.44. The number of sulfonamides is 1. The molecule has 3 aromatic carbocycles. The fraction of sp³-hybridized carbons (Fsp3) is 0.451. The summed E-state index contributed by atoms with van der Waals surface area (Å²) in [6.07, 6.45) is 11.5. The molecule has 3 aromatic rings. The number of hydrogen-bond acceptors (Lipinski definition) is 18. The van der Waals surface area contributed by atoms with Gasteiger partial charge in [0.15, 0.2) is 5.71 Å². The zero-order valence-corrected chi connectivity index (χ0v) is 52.1. The van der Waals surface area contributed by atoms with Crippen molar-refractivity contribution in [2.24, 2.45) is 5.41 Å². The van der Waals surface area contributed by atoms with Crippen LogP contribution in [0.2, 0.25) is 0 Å². The van der Waals surface area contributed by atoms with Crippen LogP contribution in [0, 0.1) is 5.41 Å². The van der Waals surface area contributed by atoms with Gasteiger partial charge in [0.05, 0.1) is 37.4 Å². The molecule has 0 fully saturated rings. The van der Waals surface area contributed by atoms with Gasteiger partial charge < -0.3 is 14.7 Å². The van der Waals surface area contributed by atoms with E-state index in [0.717, 1.165) is 80.5 Å². The molecule has 76 heavy (non-hydrogen) atoms. The Morgan fingerprint density at radius 1 is 0.868 bits per heavy atom. The number of ketones is 1. The Morgan fingerprint density at radius 3 is 2.20 bits per heavy atom. The predicted octanol–water partition coefficient (Wildman–Crippen LogP) is 6.35. The van der Waals surface area contributed by atoms with E-state index in [1.54, 1.807) is 30.3 Å². The first-order valence-corrected chi connectivity index (χ1v) is 31.0. The molecule has 0 radical (unpaired) electrons. The van der Waals surface area contributed by atoms with Crippen LogP contribution in [0.5, 0.6) is 0 Å². The number of rotatable bonds is 25. The van der Waals surface area contributed by atoms with Crippen molar-refractivity contribution < 1.29 is 124 Å². The van der Waals surface area contributed by atoms with Gasteiger partial charge in [-0.2, -0.15) is 17.3 Å². The first-order valence-electron chi connectivity index (χ1n) is 24.1. The van der Waals surface area contributed by atoms with Crippen LogP contribution in [0.4, 0.5) is 11.4 Å². The molecule has 0 spiro atoms. The second-order valence-corrected chi connectivity index (χ2v) is 28.0. The third kappa shape index (κ3) is 16.1. The van der Waals surface area contributed by atoms with E-state index in [4.69, 9.17) is 5.26 Å². The molecule has 0 saturated carbocycles. The minimum absolute atomic E-state index is 0. The SMILES string of the molecule is CN(CCCC(=O)C(C)(C)C)S(=O)(=O)c1ccc2c(c1)C(C)(C)/C(=C\C=C1/CCCC(/C=C/C3=[N+](CCCS(=O)(=O)[O-])c4ccc(SOO[O-])cc4C3(C)C)=C1Sc1ccc(S(=O)(=O)O)cc1)N2CCCSOOO.[K+]. The summed E-state index contributed by atoms with van der Waals surface area (Å²) < 4.78 is 110. The van der Waals surface area contributed by atoms with Crippen molar-refractivity contribution in [3.63, 3.8) is 0 Å². The smallest absolute Gasteiger partial charge is 0.748 e. The molecule has 0 atom stereocenters. The summed E-state index contributed by atoms with van der Waals surface area (Å²) in [6, 6.07) is 16.5. The molecular formula is C51H64KN3O15S6. The number of thioether (sulfide) groups is 1. The molecule has 25 heteroatoms. The third-order valence-electron chi connectivity index (χ3n) is 13.5. The Kier molecular flexibility index (Phi) is 23.1. The molecule has 0 bridgehead atoms. The molecule has 2 aliphatic heterocycles. The topological polar surface area (TPSA) is 252 Å². The minimum atomic E-state index is -4.50. The molecular weight excluding hydrogens is 1130 g/mol. The van der Waals surface area contributed by atoms with Gasteiger partial charge in [-0.05, 0) is 123 Å². The summed E-state index contributed by atoms with van der Waals surface area (Å²) >= 11 is 3.11. The van der Waals surface area contributed by atoms with E-state index >= 15 is 0 Å². The summed E-state index contributed by atoms with van der Waals surface area (Å²) in [6.45, 7) is 14.5. The molecule has 0 amide bonds. The van der Waals surface area contributed by atoms with Gasteiger partial charge >= 0.3 is 51.4 Å².